The zero-order valence-corrected chi connectivity index (χ0v) is 13.1. The second kappa shape index (κ2) is 6.25. The Kier molecular flexibility index (Phi) is 4.26. The lowest BCUT2D eigenvalue weighted by Crippen LogP contribution is -2.04. The van der Waals surface area contributed by atoms with Crippen molar-refractivity contribution in [3.63, 3.8) is 0 Å². The molecular weight excluding hydrogens is 359 g/mol. The summed E-state index contributed by atoms with van der Waals surface area (Å²) in [4.78, 5) is 14.9. The maximum absolute atomic E-state index is 12.9. The van der Waals surface area contributed by atoms with Crippen LogP contribution in [-0.4, -0.2) is 16.1 Å². The van der Waals surface area contributed by atoms with Gasteiger partial charge >= 0.3 is 12.1 Å². The van der Waals surface area contributed by atoms with Gasteiger partial charge in [-0.15, -0.1) is 0 Å². The molecule has 3 rings (SSSR count). The highest BCUT2D eigenvalue weighted by atomic mass is 35.5. The summed E-state index contributed by atoms with van der Waals surface area (Å²) in [6.45, 7) is 0. The molecule has 1 N–H and O–H groups in total. The average molecular weight is 368 g/mol. The summed E-state index contributed by atoms with van der Waals surface area (Å²) in [6, 6.07) is 8.65. The number of nitrogens with zero attached hydrogens (tertiary/aromatic N) is 1. The van der Waals surface area contributed by atoms with E-state index in [-0.39, 0.29) is 27.8 Å². The molecule has 0 radical (unpaired) electrons. The number of oxazole rings is 1. The van der Waals surface area contributed by atoms with Crippen LogP contribution in [0.25, 0.3) is 22.8 Å². The van der Waals surface area contributed by atoms with E-state index in [1.165, 1.54) is 30.5 Å². The van der Waals surface area contributed by atoms with E-state index < -0.39 is 17.7 Å². The summed E-state index contributed by atoms with van der Waals surface area (Å²) in [5.74, 6) is -0.857. The van der Waals surface area contributed by atoms with Crippen LogP contribution in [0.3, 0.4) is 0 Å². The minimum atomic E-state index is -4.51. The second-order valence-corrected chi connectivity index (χ2v) is 5.51. The molecule has 0 aliphatic carbocycles. The Morgan fingerprint density at radius 2 is 1.80 bits per heavy atom. The summed E-state index contributed by atoms with van der Waals surface area (Å²) in [6.07, 6.45) is -3.24. The first-order valence-electron chi connectivity index (χ1n) is 6.92. The van der Waals surface area contributed by atoms with Crippen LogP contribution < -0.4 is 0 Å². The van der Waals surface area contributed by atoms with Gasteiger partial charge in [0.25, 0.3) is 0 Å². The van der Waals surface area contributed by atoms with Crippen LogP contribution >= 0.6 is 11.6 Å². The van der Waals surface area contributed by atoms with Crippen molar-refractivity contribution in [1.82, 2.24) is 4.98 Å². The quantitative estimate of drug-likeness (QED) is 0.675. The molecule has 4 nitrogen and oxygen atoms in total. The van der Waals surface area contributed by atoms with Crippen molar-refractivity contribution in [2.45, 2.75) is 6.18 Å². The van der Waals surface area contributed by atoms with Gasteiger partial charge in [0.1, 0.15) is 0 Å². The Bertz CT molecular complexity index is 933. The number of carbonyl (C=O) groups is 1. The van der Waals surface area contributed by atoms with E-state index in [9.17, 15) is 18.0 Å². The van der Waals surface area contributed by atoms with Crippen LogP contribution in [0.15, 0.2) is 53.1 Å². The summed E-state index contributed by atoms with van der Waals surface area (Å²) < 4.78 is 44.0. The number of aromatic nitrogens is 1. The molecule has 0 atom stereocenters. The molecule has 0 spiro atoms. The first kappa shape index (κ1) is 17.0. The van der Waals surface area contributed by atoms with Gasteiger partial charge < -0.3 is 9.52 Å². The number of aromatic carboxylic acids is 1. The Balaban J connectivity index is 1.97. The number of hydrogen-bond donors (Lipinski definition) is 1. The number of rotatable bonds is 3. The lowest BCUT2D eigenvalue weighted by Gasteiger charge is -2.08. The van der Waals surface area contributed by atoms with Crippen LogP contribution in [0.1, 0.15) is 15.9 Å². The molecule has 1 heterocycles. The smallest absolute Gasteiger partial charge is 0.416 e. The predicted molar refractivity (Wildman–Crippen MR) is 84.3 cm³/mol. The number of hydrogen-bond acceptors (Lipinski definition) is 3. The second-order valence-electron chi connectivity index (χ2n) is 5.10. The third kappa shape index (κ3) is 3.51. The lowest BCUT2D eigenvalue weighted by molar-refractivity contribution is -0.137. The molecule has 3 aromatic rings. The van der Waals surface area contributed by atoms with Crippen molar-refractivity contribution < 1.29 is 27.5 Å². The zero-order chi connectivity index (χ0) is 18.2. The minimum absolute atomic E-state index is 0.0670. The highest BCUT2D eigenvalue weighted by Gasteiger charge is 2.31. The maximum atomic E-state index is 12.9. The van der Waals surface area contributed by atoms with Crippen molar-refractivity contribution in [3.8, 4) is 22.8 Å². The Morgan fingerprint density at radius 1 is 1.12 bits per heavy atom. The largest absolute Gasteiger partial charge is 0.478 e. The fourth-order valence-electron chi connectivity index (χ4n) is 2.18. The third-order valence-electron chi connectivity index (χ3n) is 3.44. The molecule has 0 aliphatic rings. The highest BCUT2D eigenvalue weighted by Crippen LogP contribution is 2.37. The average Bonchev–Trinajstić information content (AvgIpc) is 3.04. The molecule has 2 aromatic carbocycles. The van der Waals surface area contributed by atoms with Gasteiger partial charge in [-0.2, -0.15) is 13.2 Å². The lowest BCUT2D eigenvalue weighted by atomic mass is 10.1. The number of alkyl halides is 3. The monoisotopic (exact) mass is 367 g/mol. The standard InChI is InChI=1S/C17H9ClF3NO3/c18-13-6-5-11(17(19,20)21)7-12(13)14-8-22-15(25-14)9-1-3-10(4-2-9)16(23)24/h1-8H,(H,23,24). The summed E-state index contributed by atoms with van der Waals surface area (Å²) in [7, 11) is 0. The third-order valence-corrected chi connectivity index (χ3v) is 3.77. The minimum Gasteiger partial charge on any atom is -0.478 e. The molecule has 0 fully saturated rings. The van der Waals surface area contributed by atoms with Crippen molar-refractivity contribution in [2.75, 3.05) is 0 Å². The SMILES string of the molecule is O=C(O)c1ccc(-c2ncc(-c3cc(C(F)(F)F)ccc3Cl)o2)cc1. The molecule has 8 heteroatoms. The van der Waals surface area contributed by atoms with Gasteiger partial charge in [0.05, 0.1) is 22.3 Å². The molecule has 0 unspecified atom stereocenters. The molecule has 128 valence electrons. The summed E-state index contributed by atoms with van der Waals surface area (Å²) in [5.41, 5.74) is -0.205. The predicted octanol–water partition coefficient (Wildman–Crippen LogP) is 5.38. The zero-order valence-electron chi connectivity index (χ0n) is 12.3. The van der Waals surface area contributed by atoms with E-state index in [0.717, 1.165) is 18.2 Å². The van der Waals surface area contributed by atoms with Gasteiger partial charge in [-0.1, -0.05) is 11.6 Å². The van der Waals surface area contributed by atoms with Crippen LogP contribution in [0.4, 0.5) is 13.2 Å². The van der Waals surface area contributed by atoms with E-state index >= 15 is 0 Å². The summed E-state index contributed by atoms with van der Waals surface area (Å²) in [5, 5.41) is 8.97. The number of halogens is 4. The topological polar surface area (TPSA) is 63.3 Å². The molecule has 0 saturated heterocycles. The number of benzene rings is 2. The Hall–Kier alpha value is -2.80. The van der Waals surface area contributed by atoms with Gasteiger partial charge in [0, 0.05) is 11.1 Å². The van der Waals surface area contributed by atoms with E-state index in [0.29, 0.717) is 5.56 Å². The van der Waals surface area contributed by atoms with Gasteiger partial charge in [0.2, 0.25) is 5.89 Å². The van der Waals surface area contributed by atoms with E-state index in [2.05, 4.69) is 4.98 Å². The van der Waals surface area contributed by atoms with Crippen LogP contribution in [0, 0.1) is 0 Å². The Labute approximate surface area is 144 Å². The van der Waals surface area contributed by atoms with Crippen LogP contribution in [0.5, 0.6) is 0 Å². The molecule has 0 bridgehead atoms. The normalized spacial score (nSPS) is 11.5. The highest BCUT2D eigenvalue weighted by molar-refractivity contribution is 6.33. The fourth-order valence-corrected chi connectivity index (χ4v) is 2.39. The molecular formula is C17H9ClF3NO3. The van der Waals surface area contributed by atoms with Gasteiger partial charge in [0.15, 0.2) is 5.76 Å². The van der Waals surface area contributed by atoms with Crippen molar-refractivity contribution in [1.29, 1.82) is 0 Å². The summed E-state index contributed by atoms with van der Waals surface area (Å²) >= 11 is 5.97. The molecule has 1 aromatic heterocycles. The number of carboxylic acid groups (broad SMARTS) is 1. The molecule has 0 aliphatic heterocycles. The van der Waals surface area contributed by atoms with Crippen molar-refractivity contribution >= 4 is 17.6 Å². The van der Waals surface area contributed by atoms with E-state index in [1.807, 2.05) is 0 Å². The Morgan fingerprint density at radius 3 is 2.40 bits per heavy atom. The molecule has 0 saturated carbocycles. The van der Waals surface area contributed by atoms with Gasteiger partial charge in [-0.25, -0.2) is 9.78 Å². The molecule has 0 amide bonds. The van der Waals surface area contributed by atoms with Crippen molar-refractivity contribution in [3.05, 3.63) is 64.8 Å². The van der Waals surface area contributed by atoms with E-state index in [1.54, 1.807) is 0 Å². The van der Waals surface area contributed by atoms with Crippen LogP contribution in [-0.2, 0) is 6.18 Å². The maximum Gasteiger partial charge on any atom is 0.416 e. The first-order chi connectivity index (χ1) is 11.8. The van der Waals surface area contributed by atoms with Gasteiger partial charge in [-0.05, 0) is 42.5 Å². The fraction of sp³-hybridized carbons (Fsp3) is 0.0588. The number of carboxylic acids is 1. The molecule has 25 heavy (non-hydrogen) atoms. The first-order valence-corrected chi connectivity index (χ1v) is 7.30. The van der Waals surface area contributed by atoms with E-state index in [4.69, 9.17) is 21.1 Å². The van der Waals surface area contributed by atoms with Crippen molar-refractivity contribution in [2.24, 2.45) is 0 Å². The van der Waals surface area contributed by atoms with Gasteiger partial charge in [-0.3, -0.25) is 0 Å². The van der Waals surface area contributed by atoms with Crippen LogP contribution in [0.2, 0.25) is 5.02 Å².